The number of ether oxygens (including phenoxy) is 4. The van der Waals surface area contributed by atoms with Gasteiger partial charge >= 0.3 is 12.1 Å². The van der Waals surface area contributed by atoms with Gasteiger partial charge in [0.15, 0.2) is 17.7 Å². The first-order chi connectivity index (χ1) is 22.1. The van der Waals surface area contributed by atoms with Crippen LogP contribution in [0.3, 0.4) is 0 Å². The SMILES string of the molecule is CC(=O)O[C@@H](C(=O)C=CC(=O)CCCOC[C@@H](CO)OCc1ccccc1)[C@@H](Cc1ccccc1)C(=O)N1C(=O)OC[C@H]1C(C)C. The van der Waals surface area contributed by atoms with Crippen molar-refractivity contribution in [2.45, 2.75) is 64.9 Å². The molecule has 1 saturated heterocycles. The van der Waals surface area contributed by atoms with E-state index >= 15 is 0 Å². The molecular formula is C35H43NO10. The molecule has 248 valence electrons. The number of cyclic esters (lactones) is 1. The lowest BCUT2D eigenvalue weighted by molar-refractivity contribution is -0.159. The number of esters is 1. The van der Waals surface area contributed by atoms with Gasteiger partial charge in [0.2, 0.25) is 5.91 Å². The molecule has 1 N–H and O–H groups in total. The van der Waals surface area contributed by atoms with Crippen molar-refractivity contribution in [2.75, 3.05) is 26.4 Å². The Bertz CT molecular complexity index is 1330. The number of hydrogen-bond donors (Lipinski definition) is 1. The molecule has 0 unspecified atom stereocenters. The molecule has 1 heterocycles. The lowest BCUT2D eigenvalue weighted by Crippen LogP contribution is -2.50. The molecule has 2 amide bonds. The first kappa shape index (κ1) is 36.3. The molecule has 2 aromatic rings. The average molecular weight is 638 g/mol. The van der Waals surface area contributed by atoms with Crippen LogP contribution in [0.5, 0.6) is 0 Å². The molecule has 11 heteroatoms. The Balaban J connectivity index is 1.61. The fourth-order valence-corrected chi connectivity index (χ4v) is 4.93. The smallest absolute Gasteiger partial charge is 0.416 e. The summed E-state index contributed by atoms with van der Waals surface area (Å²) >= 11 is 0. The zero-order valence-electron chi connectivity index (χ0n) is 26.5. The highest BCUT2D eigenvalue weighted by atomic mass is 16.6. The fourth-order valence-electron chi connectivity index (χ4n) is 4.93. The fraction of sp³-hybridized carbons (Fsp3) is 0.457. The van der Waals surface area contributed by atoms with Crippen molar-refractivity contribution in [1.29, 1.82) is 0 Å². The first-order valence-corrected chi connectivity index (χ1v) is 15.4. The molecule has 0 aromatic heterocycles. The predicted molar refractivity (Wildman–Crippen MR) is 167 cm³/mol. The average Bonchev–Trinajstić information content (AvgIpc) is 3.44. The lowest BCUT2D eigenvalue weighted by atomic mass is 9.89. The number of imide groups is 1. The van der Waals surface area contributed by atoms with Crippen LogP contribution in [0.25, 0.3) is 0 Å². The highest BCUT2D eigenvalue weighted by Crippen LogP contribution is 2.27. The Morgan fingerprint density at radius 2 is 1.65 bits per heavy atom. The van der Waals surface area contributed by atoms with Crippen molar-refractivity contribution in [3.05, 3.63) is 83.9 Å². The summed E-state index contributed by atoms with van der Waals surface area (Å²) in [4.78, 5) is 65.6. The third-order valence-electron chi connectivity index (χ3n) is 7.45. The number of nitrogens with zero attached hydrogens (tertiary/aromatic N) is 1. The third kappa shape index (κ3) is 11.3. The molecule has 0 saturated carbocycles. The van der Waals surface area contributed by atoms with Crippen LogP contribution in [-0.4, -0.2) is 84.2 Å². The molecule has 0 spiro atoms. The molecule has 0 radical (unpaired) electrons. The number of rotatable bonds is 19. The van der Waals surface area contributed by atoms with Crippen molar-refractivity contribution in [1.82, 2.24) is 4.90 Å². The molecule has 46 heavy (non-hydrogen) atoms. The lowest BCUT2D eigenvalue weighted by Gasteiger charge is -2.30. The van der Waals surface area contributed by atoms with Gasteiger partial charge in [0.1, 0.15) is 12.7 Å². The van der Waals surface area contributed by atoms with E-state index in [0.717, 1.165) is 29.5 Å². The Labute approximate surface area is 269 Å². The van der Waals surface area contributed by atoms with Gasteiger partial charge in [-0.15, -0.1) is 0 Å². The van der Waals surface area contributed by atoms with Gasteiger partial charge in [0, 0.05) is 20.0 Å². The molecular weight excluding hydrogens is 594 g/mol. The molecule has 0 aliphatic carbocycles. The molecule has 4 atom stereocenters. The maximum Gasteiger partial charge on any atom is 0.416 e. The number of amides is 2. The second-order valence-corrected chi connectivity index (χ2v) is 11.4. The number of carbonyl (C=O) groups excluding carboxylic acids is 5. The number of aliphatic hydroxyl groups excluding tert-OH is 1. The molecule has 0 bridgehead atoms. The van der Waals surface area contributed by atoms with Gasteiger partial charge < -0.3 is 24.1 Å². The molecule has 1 aliphatic rings. The maximum absolute atomic E-state index is 13.9. The van der Waals surface area contributed by atoms with Crippen molar-refractivity contribution < 1.29 is 48.0 Å². The third-order valence-corrected chi connectivity index (χ3v) is 7.45. The Morgan fingerprint density at radius 3 is 2.26 bits per heavy atom. The van der Waals surface area contributed by atoms with Crippen LogP contribution >= 0.6 is 0 Å². The minimum Gasteiger partial charge on any atom is -0.453 e. The number of ketones is 2. The Hall–Kier alpha value is -4.19. The predicted octanol–water partition coefficient (Wildman–Crippen LogP) is 3.85. The Morgan fingerprint density at radius 1 is 1.00 bits per heavy atom. The van der Waals surface area contributed by atoms with E-state index in [0.29, 0.717) is 18.6 Å². The van der Waals surface area contributed by atoms with Crippen LogP contribution in [0.15, 0.2) is 72.8 Å². The van der Waals surface area contributed by atoms with E-state index < -0.39 is 47.9 Å². The van der Waals surface area contributed by atoms with E-state index in [-0.39, 0.29) is 51.0 Å². The van der Waals surface area contributed by atoms with Crippen LogP contribution in [-0.2, 0) is 51.2 Å². The Kier molecular flexibility index (Phi) is 14.7. The van der Waals surface area contributed by atoms with Gasteiger partial charge in [-0.25, -0.2) is 9.69 Å². The van der Waals surface area contributed by atoms with Crippen LogP contribution in [0.2, 0.25) is 0 Å². The molecule has 11 nitrogen and oxygen atoms in total. The van der Waals surface area contributed by atoms with E-state index in [1.807, 2.05) is 44.2 Å². The van der Waals surface area contributed by atoms with Crippen LogP contribution < -0.4 is 0 Å². The largest absolute Gasteiger partial charge is 0.453 e. The highest BCUT2D eigenvalue weighted by Gasteiger charge is 2.46. The van der Waals surface area contributed by atoms with Gasteiger partial charge in [-0.2, -0.15) is 0 Å². The number of allylic oxidation sites excluding steroid dienone is 1. The van der Waals surface area contributed by atoms with Crippen molar-refractivity contribution in [2.24, 2.45) is 11.8 Å². The standard InChI is InChI=1S/C35H43NO10/c1-24(2)31-23-45-35(42)36(31)34(41)30(19-26-11-6-4-7-12-26)33(46-25(3)38)32(40)17-16-28(39)15-10-18-43-22-29(20-37)44-21-27-13-8-5-9-14-27/h4-9,11-14,16-17,24,29-31,33,37H,10,15,18-23H2,1-3H3/t29-,30-,31+,33-/m1/s1. The van der Waals surface area contributed by atoms with Gasteiger partial charge in [0.25, 0.3) is 0 Å². The zero-order chi connectivity index (χ0) is 33.5. The number of hydrogen-bond acceptors (Lipinski definition) is 10. The second kappa shape index (κ2) is 18.7. The van der Waals surface area contributed by atoms with Gasteiger partial charge in [-0.1, -0.05) is 74.5 Å². The summed E-state index contributed by atoms with van der Waals surface area (Å²) in [5.74, 6) is -3.98. The van der Waals surface area contributed by atoms with E-state index in [2.05, 4.69) is 0 Å². The monoisotopic (exact) mass is 637 g/mol. The van der Waals surface area contributed by atoms with Crippen molar-refractivity contribution in [3.8, 4) is 0 Å². The normalized spacial score (nSPS) is 16.7. The van der Waals surface area contributed by atoms with Crippen molar-refractivity contribution >= 4 is 29.5 Å². The molecule has 2 aromatic carbocycles. The minimum atomic E-state index is -1.58. The summed E-state index contributed by atoms with van der Waals surface area (Å²) in [7, 11) is 0. The van der Waals surface area contributed by atoms with Crippen molar-refractivity contribution in [3.63, 3.8) is 0 Å². The van der Waals surface area contributed by atoms with E-state index in [9.17, 15) is 29.1 Å². The van der Waals surface area contributed by atoms with E-state index in [1.165, 1.54) is 0 Å². The highest BCUT2D eigenvalue weighted by molar-refractivity contribution is 6.04. The van der Waals surface area contributed by atoms with Crippen LogP contribution in [0, 0.1) is 11.8 Å². The van der Waals surface area contributed by atoms with Gasteiger partial charge in [-0.05, 0) is 42.0 Å². The van der Waals surface area contributed by atoms with Gasteiger partial charge in [-0.3, -0.25) is 19.2 Å². The summed E-state index contributed by atoms with van der Waals surface area (Å²) in [5.41, 5.74) is 1.66. The van der Waals surface area contributed by atoms with E-state index in [1.54, 1.807) is 30.3 Å². The summed E-state index contributed by atoms with van der Waals surface area (Å²) in [6, 6.07) is 17.8. The van der Waals surface area contributed by atoms with Crippen LogP contribution in [0.1, 0.15) is 44.7 Å². The summed E-state index contributed by atoms with van der Waals surface area (Å²) < 4.78 is 21.8. The summed E-state index contributed by atoms with van der Waals surface area (Å²) in [6.07, 6.45) is -0.407. The maximum atomic E-state index is 13.9. The second-order valence-electron chi connectivity index (χ2n) is 11.4. The minimum absolute atomic E-state index is 0.000970. The zero-order valence-corrected chi connectivity index (χ0v) is 26.5. The van der Waals surface area contributed by atoms with Crippen LogP contribution in [0.4, 0.5) is 4.79 Å². The molecule has 3 rings (SSSR count). The summed E-state index contributed by atoms with van der Waals surface area (Å²) in [6.45, 7) is 5.32. The quantitative estimate of drug-likeness (QED) is 0.137. The number of carbonyl (C=O) groups is 5. The number of aliphatic hydroxyl groups is 1. The number of benzene rings is 2. The van der Waals surface area contributed by atoms with Gasteiger partial charge in [0.05, 0.1) is 31.8 Å². The molecule has 1 fully saturated rings. The topological polar surface area (TPSA) is 146 Å². The van der Waals surface area contributed by atoms with E-state index in [4.69, 9.17) is 18.9 Å². The molecule has 1 aliphatic heterocycles. The first-order valence-electron chi connectivity index (χ1n) is 15.4. The summed E-state index contributed by atoms with van der Waals surface area (Å²) in [5, 5.41) is 9.56.